The molecule has 148 valence electrons. The Balaban J connectivity index is 1.80. The molecule has 5 nitrogen and oxygen atoms in total. The lowest BCUT2D eigenvalue weighted by Crippen LogP contribution is -2.46. The van der Waals surface area contributed by atoms with E-state index in [1.165, 1.54) is 12.5 Å². The number of amides is 2. The molecule has 0 fully saturated rings. The highest BCUT2D eigenvalue weighted by Crippen LogP contribution is 2.21. The van der Waals surface area contributed by atoms with Crippen molar-refractivity contribution in [2.45, 2.75) is 38.6 Å². The van der Waals surface area contributed by atoms with Crippen LogP contribution in [0.15, 0.2) is 54.6 Å². The molecule has 0 aliphatic carbocycles. The maximum absolute atomic E-state index is 12.6. The zero-order chi connectivity index (χ0) is 19.8. The monoisotopic (exact) mass is 380 g/mol. The number of nitrogens with zero attached hydrogens (tertiary/aromatic N) is 1. The second-order valence-corrected chi connectivity index (χ2v) is 7.27. The lowest BCUT2D eigenvalue weighted by atomic mass is 10.1. The molecule has 0 unspecified atom stereocenters. The van der Waals surface area contributed by atoms with Gasteiger partial charge in [-0.1, -0.05) is 48.5 Å². The normalized spacial score (nSPS) is 18.5. The molecule has 0 aromatic heterocycles. The van der Waals surface area contributed by atoms with E-state index in [4.69, 9.17) is 4.74 Å². The predicted molar refractivity (Wildman–Crippen MR) is 109 cm³/mol. The van der Waals surface area contributed by atoms with Crippen LogP contribution in [0.4, 0.5) is 0 Å². The average Bonchev–Trinajstić information content (AvgIpc) is 2.70. The third-order valence-corrected chi connectivity index (χ3v) is 5.01. The fourth-order valence-corrected chi connectivity index (χ4v) is 3.50. The van der Waals surface area contributed by atoms with Crippen LogP contribution in [0.1, 0.15) is 30.9 Å². The van der Waals surface area contributed by atoms with Crippen molar-refractivity contribution in [3.8, 4) is 5.75 Å². The van der Waals surface area contributed by atoms with Gasteiger partial charge in [0.2, 0.25) is 11.8 Å². The fraction of sp³-hybridized carbons (Fsp3) is 0.391. The van der Waals surface area contributed by atoms with E-state index >= 15 is 0 Å². The van der Waals surface area contributed by atoms with Crippen molar-refractivity contribution in [1.82, 2.24) is 10.2 Å². The van der Waals surface area contributed by atoms with Crippen LogP contribution in [-0.2, 0) is 22.4 Å². The minimum Gasteiger partial charge on any atom is -0.491 e. The lowest BCUT2D eigenvalue weighted by molar-refractivity contribution is -0.134. The van der Waals surface area contributed by atoms with E-state index in [0.29, 0.717) is 19.6 Å². The molecular weight excluding hydrogens is 352 g/mol. The Morgan fingerprint density at radius 1 is 1.11 bits per heavy atom. The molecule has 0 saturated carbocycles. The largest absolute Gasteiger partial charge is 0.491 e. The maximum atomic E-state index is 12.6. The van der Waals surface area contributed by atoms with Crippen molar-refractivity contribution in [2.75, 3.05) is 19.7 Å². The van der Waals surface area contributed by atoms with Crippen molar-refractivity contribution < 1.29 is 14.3 Å². The van der Waals surface area contributed by atoms with Crippen molar-refractivity contribution in [3.05, 3.63) is 65.7 Å². The van der Waals surface area contributed by atoms with Crippen LogP contribution in [0.3, 0.4) is 0 Å². The van der Waals surface area contributed by atoms with Gasteiger partial charge in [-0.05, 0) is 42.9 Å². The molecular formula is C23H28N2O3. The number of aryl methyl sites for hydroxylation is 1. The van der Waals surface area contributed by atoms with Crippen molar-refractivity contribution >= 4 is 11.8 Å². The fourth-order valence-electron chi connectivity index (χ4n) is 3.50. The van der Waals surface area contributed by atoms with Gasteiger partial charge < -0.3 is 15.0 Å². The number of benzene rings is 2. The minimum atomic E-state index is -0.169. The van der Waals surface area contributed by atoms with Crippen LogP contribution in [0, 0.1) is 0 Å². The smallest absolute Gasteiger partial charge is 0.239 e. The van der Waals surface area contributed by atoms with Crippen LogP contribution in [0.25, 0.3) is 0 Å². The van der Waals surface area contributed by atoms with Crippen molar-refractivity contribution in [3.63, 3.8) is 0 Å². The van der Waals surface area contributed by atoms with Gasteiger partial charge in [0.15, 0.2) is 0 Å². The van der Waals surface area contributed by atoms with E-state index in [1.54, 1.807) is 4.90 Å². The molecule has 1 aliphatic heterocycles. The number of carbonyl (C=O) groups excluding carboxylic acids is 2. The second kappa shape index (κ2) is 9.93. The van der Waals surface area contributed by atoms with Crippen molar-refractivity contribution in [2.24, 2.45) is 0 Å². The first kappa shape index (κ1) is 19.9. The molecule has 1 aliphatic rings. The molecule has 1 heterocycles. The van der Waals surface area contributed by atoms with E-state index in [1.807, 2.05) is 48.5 Å². The summed E-state index contributed by atoms with van der Waals surface area (Å²) in [4.78, 5) is 26.1. The van der Waals surface area contributed by atoms with Crippen LogP contribution >= 0.6 is 0 Å². The third kappa shape index (κ3) is 5.84. The summed E-state index contributed by atoms with van der Waals surface area (Å²) in [6.07, 6.45) is 3.37. The molecule has 2 aromatic rings. The third-order valence-electron chi connectivity index (χ3n) is 5.01. The van der Waals surface area contributed by atoms with Crippen molar-refractivity contribution in [1.29, 1.82) is 0 Å². The summed E-state index contributed by atoms with van der Waals surface area (Å²) in [6, 6.07) is 17.9. The highest BCUT2D eigenvalue weighted by Gasteiger charge is 2.19. The molecule has 0 radical (unpaired) electrons. The van der Waals surface area contributed by atoms with Gasteiger partial charge in [-0.25, -0.2) is 0 Å². The molecule has 0 saturated heterocycles. The number of hydrogen-bond acceptors (Lipinski definition) is 3. The summed E-state index contributed by atoms with van der Waals surface area (Å²) >= 11 is 0. The molecule has 1 atom stereocenters. The number of fused-ring (bicyclic) bond motifs is 1. The van der Waals surface area contributed by atoms with Gasteiger partial charge in [-0.15, -0.1) is 0 Å². The summed E-state index contributed by atoms with van der Waals surface area (Å²) in [6.45, 7) is 2.59. The minimum absolute atomic E-state index is 0.0683. The number of carbonyl (C=O) groups is 2. The molecule has 28 heavy (non-hydrogen) atoms. The summed E-state index contributed by atoms with van der Waals surface area (Å²) in [5.41, 5.74) is 2.30. The van der Waals surface area contributed by atoms with Gasteiger partial charge in [0, 0.05) is 13.5 Å². The maximum Gasteiger partial charge on any atom is 0.239 e. The quantitative estimate of drug-likeness (QED) is 0.871. The van der Waals surface area contributed by atoms with E-state index in [0.717, 1.165) is 30.6 Å². The molecule has 3 rings (SSSR count). The first-order valence-corrected chi connectivity index (χ1v) is 9.91. The Kier molecular flexibility index (Phi) is 7.06. The second-order valence-electron chi connectivity index (χ2n) is 7.27. The Bertz CT molecular complexity index is 791. The van der Waals surface area contributed by atoms with E-state index in [2.05, 4.69) is 11.4 Å². The summed E-state index contributed by atoms with van der Waals surface area (Å²) in [5.74, 6) is 0.658. The van der Waals surface area contributed by atoms with Crippen LogP contribution in [-0.4, -0.2) is 42.5 Å². The molecule has 2 aromatic carbocycles. The van der Waals surface area contributed by atoms with Gasteiger partial charge in [0.25, 0.3) is 0 Å². The average molecular weight is 380 g/mol. The molecule has 1 N–H and O–H groups in total. The number of nitrogens with one attached hydrogen (secondary N) is 1. The Hall–Kier alpha value is -2.82. The van der Waals surface area contributed by atoms with E-state index < -0.39 is 0 Å². The van der Waals surface area contributed by atoms with Crippen LogP contribution in [0.5, 0.6) is 5.75 Å². The van der Waals surface area contributed by atoms with Gasteiger partial charge in [0.05, 0.1) is 12.6 Å². The SMILES string of the molecule is CC(=O)N1CCCCc2ccccc2OC[C@H](Cc2ccccc2)NC(=O)C1. The summed E-state index contributed by atoms with van der Waals surface area (Å²) in [5, 5.41) is 3.06. The lowest BCUT2D eigenvalue weighted by Gasteiger charge is -2.23. The molecule has 2 amide bonds. The zero-order valence-electron chi connectivity index (χ0n) is 16.4. The highest BCUT2D eigenvalue weighted by molar-refractivity contribution is 5.84. The van der Waals surface area contributed by atoms with Gasteiger partial charge in [-0.3, -0.25) is 9.59 Å². The number of para-hydroxylation sites is 1. The summed E-state index contributed by atoms with van der Waals surface area (Å²) in [7, 11) is 0. The molecule has 0 spiro atoms. The standard InChI is InChI=1S/C23H28N2O3/c1-18(26)25-14-8-7-12-20-11-5-6-13-22(20)28-17-21(24-23(27)16-25)15-19-9-3-2-4-10-19/h2-6,9-11,13,21H,7-8,12,14-17H2,1H3,(H,24,27)/t21-/m0/s1. The number of ether oxygens (including phenoxy) is 1. The van der Waals surface area contributed by atoms with E-state index in [-0.39, 0.29) is 24.4 Å². The highest BCUT2D eigenvalue weighted by atomic mass is 16.5. The first-order chi connectivity index (χ1) is 13.6. The number of hydrogen-bond donors (Lipinski definition) is 1. The van der Waals surface area contributed by atoms with Gasteiger partial charge >= 0.3 is 0 Å². The molecule has 5 heteroatoms. The van der Waals surface area contributed by atoms with Gasteiger partial charge in [-0.2, -0.15) is 0 Å². The number of rotatable bonds is 2. The zero-order valence-corrected chi connectivity index (χ0v) is 16.4. The summed E-state index contributed by atoms with van der Waals surface area (Å²) < 4.78 is 6.11. The molecule has 0 bridgehead atoms. The van der Waals surface area contributed by atoms with Crippen LogP contribution in [0.2, 0.25) is 0 Å². The van der Waals surface area contributed by atoms with Crippen LogP contribution < -0.4 is 10.1 Å². The topological polar surface area (TPSA) is 58.6 Å². The Labute approximate surface area is 166 Å². The van der Waals surface area contributed by atoms with Gasteiger partial charge in [0.1, 0.15) is 12.4 Å². The first-order valence-electron chi connectivity index (χ1n) is 9.91. The predicted octanol–water partition coefficient (Wildman–Crippen LogP) is 2.98. The Morgan fingerprint density at radius 2 is 1.86 bits per heavy atom. The Morgan fingerprint density at radius 3 is 2.64 bits per heavy atom. The van der Waals surface area contributed by atoms with E-state index in [9.17, 15) is 9.59 Å².